The summed E-state index contributed by atoms with van der Waals surface area (Å²) in [6, 6.07) is 5.65. The number of aromatic hydroxyl groups is 1. The second-order valence-corrected chi connectivity index (χ2v) is 6.17. The third-order valence-electron chi connectivity index (χ3n) is 4.20. The fourth-order valence-electron chi connectivity index (χ4n) is 2.97. The Labute approximate surface area is 164 Å². The largest absolute Gasteiger partial charge is 0.506 e. The van der Waals surface area contributed by atoms with Crippen molar-refractivity contribution < 1.29 is 23.1 Å². The number of rotatable bonds is 3. The quantitative estimate of drug-likeness (QED) is 0.467. The van der Waals surface area contributed by atoms with Gasteiger partial charge in [0.15, 0.2) is 17.2 Å². The van der Waals surface area contributed by atoms with Gasteiger partial charge in [0.25, 0.3) is 5.91 Å². The number of nitrogens with zero attached hydrogens (tertiary/aromatic N) is 4. The topological polar surface area (TPSA) is 140 Å². The van der Waals surface area contributed by atoms with Gasteiger partial charge < -0.3 is 15.8 Å². The van der Waals surface area contributed by atoms with Crippen LogP contribution in [0.5, 0.6) is 5.75 Å². The van der Waals surface area contributed by atoms with Crippen molar-refractivity contribution >= 4 is 17.1 Å². The normalized spacial score (nSPS) is 11.7. The van der Waals surface area contributed by atoms with Gasteiger partial charge in [-0.1, -0.05) is 12.1 Å². The molecule has 9 nitrogen and oxygen atoms in total. The van der Waals surface area contributed by atoms with Gasteiger partial charge >= 0.3 is 11.9 Å². The molecule has 1 aromatic carbocycles. The van der Waals surface area contributed by atoms with Crippen LogP contribution in [-0.4, -0.2) is 35.5 Å². The Kier molecular flexibility index (Phi) is 4.26. The number of nitrogens with one attached hydrogen (secondary N) is 1. The first-order valence-corrected chi connectivity index (χ1v) is 8.30. The van der Waals surface area contributed by atoms with E-state index < -0.39 is 34.7 Å². The standard InChI is InChI=1S/C18H11F3N6O3/c19-18(20,21)10-3-1-2-4-11(10)27-16-13(25-17(27)30)12(14(22)29)24-15(26-16)8-5-9(28)7-23-6-8/h1-7,28H,(H2,22,29)(H,25,30). The summed E-state index contributed by atoms with van der Waals surface area (Å²) in [6.45, 7) is 0. The van der Waals surface area contributed by atoms with Crippen LogP contribution in [0.3, 0.4) is 0 Å². The number of amides is 1. The van der Waals surface area contributed by atoms with Crippen molar-refractivity contribution in [2.24, 2.45) is 5.73 Å². The molecule has 152 valence electrons. The zero-order valence-corrected chi connectivity index (χ0v) is 14.8. The number of benzene rings is 1. The lowest BCUT2D eigenvalue weighted by Gasteiger charge is -2.13. The molecule has 0 saturated carbocycles. The molecule has 0 aliphatic heterocycles. The van der Waals surface area contributed by atoms with Crippen molar-refractivity contribution in [2.75, 3.05) is 0 Å². The Morgan fingerprint density at radius 3 is 2.57 bits per heavy atom. The number of halogens is 3. The molecule has 3 aromatic heterocycles. The molecule has 0 aliphatic carbocycles. The summed E-state index contributed by atoms with van der Waals surface area (Å²) in [5.41, 5.74) is 2.05. The lowest BCUT2D eigenvalue weighted by Crippen LogP contribution is -2.19. The molecular formula is C18H11F3N6O3. The van der Waals surface area contributed by atoms with E-state index in [2.05, 4.69) is 19.9 Å². The van der Waals surface area contributed by atoms with Crippen molar-refractivity contribution in [3.05, 3.63) is 64.5 Å². The molecule has 4 rings (SSSR count). The number of imidazole rings is 1. The molecule has 0 saturated heterocycles. The van der Waals surface area contributed by atoms with Gasteiger partial charge in [0.05, 0.1) is 17.4 Å². The zero-order valence-electron chi connectivity index (χ0n) is 14.8. The first-order chi connectivity index (χ1) is 14.2. The van der Waals surface area contributed by atoms with E-state index >= 15 is 0 Å². The van der Waals surface area contributed by atoms with Crippen molar-refractivity contribution in [3.63, 3.8) is 0 Å². The number of primary amides is 1. The predicted octanol–water partition coefficient (Wildman–Crippen LogP) is 1.99. The molecule has 0 fully saturated rings. The van der Waals surface area contributed by atoms with E-state index in [1.54, 1.807) is 0 Å². The van der Waals surface area contributed by atoms with Gasteiger partial charge in [0.1, 0.15) is 11.3 Å². The average Bonchev–Trinajstić information content (AvgIpc) is 3.02. The van der Waals surface area contributed by atoms with Gasteiger partial charge in [-0.15, -0.1) is 0 Å². The number of aromatic nitrogens is 5. The fraction of sp³-hybridized carbons (Fsp3) is 0.0556. The fourth-order valence-corrected chi connectivity index (χ4v) is 2.97. The highest BCUT2D eigenvalue weighted by Gasteiger charge is 2.35. The van der Waals surface area contributed by atoms with Gasteiger partial charge in [-0.05, 0) is 18.2 Å². The van der Waals surface area contributed by atoms with Crippen molar-refractivity contribution in [2.45, 2.75) is 6.18 Å². The Morgan fingerprint density at radius 1 is 1.17 bits per heavy atom. The maximum absolute atomic E-state index is 13.5. The Morgan fingerprint density at radius 2 is 1.90 bits per heavy atom. The van der Waals surface area contributed by atoms with E-state index in [1.165, 1.54) is 24.4 Å². The molecule has 0 unspecified atom stereocenters. The highest BCUT2D eigenvalue weighted by atomic mass is 19.4. The molecule has 4 N–H and O–H groups in total. The molecule has 3 heterocycles. The second kappa shape index (κ2) is 6.69. The van der Waals surface area contributed by atoms with Crippen LogP contribution in [0.4, 0.5) is 13.2 Å². The van der Waals surface area contributed by atoms with Crippen LogP contribution in [-0.2, 0) is 6.18 Å². The van der Waals surface area contributed by atoms with Gasteiger partial charge in [0.2, 0.25) is 0 Å². The number of carbonyl (C=O) groups excluding carboxylic acids is 1. The van der Waals surface area contributed by atoms with Crippen molar-refractivity contribution in [3.8, 4) is 22.8 Å². The molecular weight excluding hydrogens is 405 g/mol. The van der Waals surface area contributed by atoms with Crippen molar-refractivity contribution in [1.29, 1.82) is 0 Å². The number of aromatic amines is 1. The van der Waals surface area contributed by atoms with Gasteiger partial charge in [0, 0.05) is 11.8 Å². The number of nitrogens with two attached hydrogens (primary N) is 1. The third kappa shape index (κ3) is 3.13. The number of alkyl halides is 3. The summed E-state index contributed by atoms with van der Waals surface area (Å²) in [5.74, 6) is -1.43. The number of hydrogen-bond donors (Lipinski definition) is 3. The van der Waals surface area contributed by atoms with E-state index in [-0.39, 0.29) is 28.3 Å². The first kappa shape index (κ1) is 19.1. The smallest absolute Gasteiger partial charge is 0.418 e. The molecule has 0 spiro atoms. The average molecular weight is 416 g/mol. The second-order valence-electron chi connectivity index (χ2n) is 6.17. The number of H-pyrrole nitrogens is 1. The minimum absolute atomic E-state index is 0.156. The maximum atomic E-state index is 13.5. The number of carbonyl (C=O) groups is 1. The van der Waals surface area contributed by atoms with Gasteiger partial charge in [-0.25, -0.2) is 19.3 Å². The monoisotopic (exact) mass is 416 g/mol. The van der Waals surface area contributed by atoms with Crippen LogP contribution in [0, 0.1) is 0 Å². The van der Waals surface area contributed by atoms with E-state index in [0.29, 0.717) is 4.57 Å². The molecule has 4 aromatic rings. The minimum Gasteiger partial charge on any atom is -0.506 e. The summed E-state index contributed by atoms with van der Waals surface area (Å²) in [6.07, 6.45) is -2.34. The summed E-state index contributed by atoms with van der Waals surface area (Å²) in [5, 5.41) is 9.63. The molecule has 12 heteroatoms. The molecule has 1 amide bonds. The van der Waals surface area contributed by atoms with E-state index in [1.807, 2.05) is 0 Å². The van der Waals surface area contributed by atoms with E-state index in [9.17, 15) is 27.9 Å². The SMILES string of the molecule is NC(=O)c1nc(-c2cncc(O)c2)nc2c1[nH]c(=O)n2-c1ccccc1C(F)(F)F. The van der Waals surface area contributed by atoms with Crippen LogP contribution >= 0.6 is 0 Å². The van der Waals surface area contributed by atoms with Crippen LogP contribution in [0.15, 0.2) is 47.5 Å². The Hall–Kier alpha value is -4.22. The first-order valence-electron chi connectivity index (χ1n) is 8.30. The summed E-state index contributed by atoms with van der Waals surface area (Å²) >= 11 is 0. The molecule has 0 atom stereocenters. The van der Waals surface area contributed by atoms with Crippen molar-refractivity contribution in [1.82, 2.24) is 24.5 Å². The summed E-state index contributed by atoms with van der Waals surface area (Å²) in [4.78, 5) is 38.7. The number of para-hydroxylation sites is 1. The lowest BCUT2D eigenvalue weighted by molar-refractivity contribution is -0.137. The lowest BCUT2D eigenvalue weighted by atomic mass is 10.1. The Balaban J connectivity index is 2.10. The third-order valence-corrected chi connectivity index (χ3v) is 4.20. The van der Waals surface area contributed by atoms with Gasteiger partial charge in [-0.3, -0.25) is 9.78 Å². The number of fused-ring (bicyclic) bond motifs is 1. The highest BCUT2D eigenvalue weighted by Crippen LogP contribution is 2.34. The molecule has 0 radical (unpaired) electrons. The molecule has 0 aliphatic rings. The predicted molar refractivity (Wildman–Crippen MR) is 97.9 cm³/mol. The maximum Gasteiger partial charge on any atom is 0.418 e. The molecule has 30 heavy (non-hydrogen) atoms. The molecule has 0 bridgehead atoms. The van der Waals surface area contributed by atoms with Crippen LogP contribution in [0.1, 0.15) is 16.1 Å². The van der Waals surface area contributed by atoms with Crippen LogP contribution < -0.4 is 11.4 Å². The zero-order chi connectivity index (χ0) is 21.6. The van der Waals surface area contributed by atoms with Crippen LogP contribution in [0.2, 0.25) is 0 Å². The Bertz CT molecular complexity index is 1360. The van der Waals surface area contributed by atoms with Crippen LogP contribution in [0.25, 0.3) is 28.2 Å². The highest BCUT2D eigenvalue weighted by molar-refractivity contribution is 6.02. The summed E-state index contributed by atoms with van der Waals surface area (Å²) < 4.78 is 41.2. The van der Waals surface area contributed by atoms with E-state index in [0.717, 1.165) is 18.3 Å². The van der Waals surface area contributed by atoms with E-state index in [4.69, 9.17) is 5.73 Å². The number of hydrogen-bond acceptors (Lipinski definition) is 6. The van der Waals surface area contributed by atoms with Gasteiger partial charge in [-0.2, -0.15) is 13.2 Å². The number of pyridine rings is 1. The summed E-state index contributed by atoms with van der Waals surface area (Å²) in [7, 11) is 0. The minimum atomic E-state index is -4.75.